The molecule has 3 aromatic heterocycles. The average molecular weight is 399 g/mol. The third kappa shape index (κ3) is 3.53. The normalized spacial score (nSPS) is 14.1. The summed E-state index contributed by atoms with van der Waals surface area (Å²) >= 11 is 0. The van der Waals surface area contributed by atoms with Gasteiger partial charge < -0.3 is 10.6 Å². The molecule has 1 aromatic carbocycles. The Balaban J connectivity index is 1.38. The molecule has 5 rings (SSSR count). The molecule has 0 aliphatic carbocycles. The summed E-state index contributed by atoms with van der Waals surface area (Å²) in [6.45, 7) is 1.52. The number of benzene rings is 1. The second kappa shape index (κ2) is 7.31. The SMILES string of the molecule is Cn1cc(-c2ccc3cnc(CC(=O)c4ccnc(N5CC(N)C5)c4)nc3c2)cn1. The van der Waals surface area contributed by atoms with Crippen molar-refractivity contribution in [1.29, 1.82) is 0 Å². The van der Waals surface area contributed by atoms with E-state index in [2.05, 4.69) is 25.0 Å². The van der Waals surface area contributed by atoms with Gasteiger partial charge in [0.25, 0.3) is 0 Å². The Bertz CT molecular complexity index is 1240. The van der Waals surface area contributed by atoms with E-state index < -0.39 is 0 Å². The van der Waals surface area contributed by atoms with E-state index in [1.165, 1.54) is 0 Å². The molecule has 4 aromatic rings. The van der Waals surface area contributed by atoms with Crippen LogP contribution in [0.2, 0.25) is 0 Å². The van der Waals surface area contributed by atoms with Crippen molar-refractivity contribution in [2.75, 3.05) is 18.0 Å². The Morgan fingerprint density at radius 1 is 1.13 bits per heavy atom. The molecule has 0 bridgehead atoms. The zero-order chi connectivity index (χ0) is 20.7. The van der Waals surface area contributed by atoms with E-state index in [0.717, 1.165) is 40.9 Å². The minimum atomic E-state index is -0.0359. The van der Waals surface area contributed by atoms with Gasteiger partial charge in [-0.05, 0) is 23.8 Å². The van der Waals surface area contributed by atoms with Gasteiger partial charge >= 0.3 is 0 Å². The highest BCUT2D eigenvalue weighted by molar-refractivity contribution is 5.98. The first-order valence-corrected chi connectivity index (χ1v) is 9.79. The second-order valence-corrected chi connectivity index (χ2v) is 7.63. The Labute approximate surface area is 173 Å². The third-order valence-electron chi connectivity index (χ3n) is 5.29. The molecule has 4 heterocycles. The number of hydrogen-bond acceptors (Lipinski definition) is 7. The maximum atomic E-state index is 12.8. The summed E-state index contributed by atoms with van der Waals surface area (Å²) in [5.41, 5.74) is 9.30. The number of carbonyl (C=O) groups excluding carboxylic acids is 1. The number of ketones is 1. The van der Waals surface area contributed by atoms with E-state index in [-0.39, 0.29) is 18.2 Å². The van der Waals surface area contributed by atoms with Crippen LogP contribution in [0.1, 0.15) is 16.2 Å². The van der Waals surface area contributed by atoms with Crippen LogP contribution in [0.25, 0.3) is 22.0 Å². The minimum absolute atomic E-state index is 0.0359. The number of pyridine rings is 1. The van der Waals surface area contributed by atoms with E-state index in [1.54, 1.807) is 23.1 Å². The lowest BCUT2D eigenvalue weighted by molar-refractivity contribution is 0.0991. The summed E-state index contributed by atoms with van der Waals surface area (Å²) in [5, 5.41) is 5.15. The Kier molecular flexibility index (Phi) is 4.48. The van der Waals surface area contributed by atoms with Crippen molar-refractivity contribution < 1.29 is 4.79 Å². The van der Waals surface area contributed by atoms with Crippen molar-refractivity contribution in [3.8, 4) is 11.1 Å². The van der Waals surface area contributed by atoms with Crippen LogP contribution in [0.15, 0.2) is 55.1 Å². The number of rotatable bonds is 5. The standard InChI is InChI=1S/C22H21N7O/c1-28-11-17(10-26-28)14-2-3-16-9-25-21(27-19(16)6-14)8-20(30)15-4-5-24-22(7-15)29-12-18(23)13-29/h2-7,9-11,18H,8,12-13,23H2,1H3. The number of aromatic nitrogens is 5. The molecular formula is C22H21N7O. The smallest absolute Gasteiger partial charge is 0.170 e. The quantitative estimate of drug-likeness (QED) is 0.512. The fourth-order valence-electron chi connectivity index (χ4n) is 3.61. The maximum Gasteiger partial charge on any atom is 0.170 e. The molecule has 0 unspecified atom stereocenters. The van der Waals surface area contributed by atoms with Crippen molar-refractivity contribution in [2.45, 2.75) is 12.5 Å². The Morgan fingerprint density at radius 2 is 2.00 bits per heavy atom. The van der Waals surface area contributed by atoms with E-state index in [0.29, 0.717) is 11.4 Å². The average Bonchev–Trinajstić information content (AvgIpc) is 3.17. The third-order valence-corrected chi connectivity index (χ3v) is 5.29. The van der Waals surface area contributed by atoms with Crippen molar-refractivity contribution in [3.63, 3.8) is 0 Å². The first kappa shape index (κ1) is 18.4. The highest BCUT2D eigenvalue weighted by Crippen LogP contribution is 2.23. The molecule has 2 N–H and O–H groups in total. The maximum absolute atomic E-state index is 12.8. The lowest BCUT2D eigenvalue weighted by Crippen LogP contribution is -2.56. The largest absolute Gasteiger partial charge is 0.353 e. The summed E-state index contributed by atoms with van der Waals surface area (Å²) in [6.07, 6.45) is 7.33. The Morgan fingerprint density at radius 3 is 2.77 bits per heavy atom. The van der Waals surface area contributed by atoms with E-state index in [9.17, 15) is 4.79 Å². The number of aryl methyl sites for hydroxylation is 1. The van der Waals surface area contributed by atoms with Gasteiger partial charge in [-0.15, -0.1) is 0 Å². The van der Waals surface area contributed by atoms with Gasteiger partial charge in [0.15, 0.2) is 5.78 Å². The molecule has 0 amide bonds. The molecular weight excluding hydrogens is 378 g/mol. The number of carbonyl (C=O) groups is 1. The predicted molar refractivity (Wildman–Crippen MR) is 114 cm³/mol. The summed E-state index contributed by atoms with van der Waals surface area (Å²) in [4.78, 5) is 28.2. The predicted octanol–water partition coefficient (Wildman–Crippen LogP) is 2.00. The van der Waals surface area contributed by atoms with E-state index >= 15 is 0 Å². The molecule has 0 atom stereocenters. The zero-order valence-corrected chi connectivity index (χ0v) is 16.6. The Hall–Kier alpha value is -3.65. The van der Waals surface area contributed by atoms with Gasteiger partial charge in [-0.2, -0.15) is 5.10 Å². The minimum Gasteiger partial charge on any atom is -0.353 e. The van der Waals surface area contributed by atoms with Crippen LogP contribution in [0, 0.1) is 0 Å². The van der Waals surface area contributed by atoms with Crippen LogP contribution in [0.3, 0.4) is 0 Å². The lowest BCUT2D eigenvalue weighted by Gasteiger charge is -2.37. The van der Waals surface area contributed by atoms with Crippen LogP contribution in [0.5, 0.6) is 0 Å². The molecule has 150 valence electrons. The van der Waals surface area contributed by atoms with Crippen LogP contribution in [-0.2, 0) is 13.5 Å². The van der Waals surface area contributed by atoms with Gasteiger partial charge in [0, 0.05) is 61.3 Å². The van der Waals surface area contributed by atoms with Gasteiger partial charge in [-0.3, -0.25) is 9.48 Å². The van der Waals surface area contributed by atoms with Gasteiger partial charge in [0.1, 0.15) is 11.6 Å². The van der Waals surface area contributed by atoms with Crippen molar-refractivity contribution in [2.24, 2.45) is 12.8 Å². The van der Waals surface area contributed by atoms with Gasteiger partial charge in [-0.1, -0.05) is 12.1 Å². The summed E-state index contributed by atoms with van der Waals surface area (Å²) in [6, 6.07) is 9.72. The molecule has 1 aliphatic rings. The highest BCUT2D eigenvalue weighted by Gasteiger charge is 2.24. The molecule has 8 nitrogen and oxygen atoms in total. The van der Waals surface area contributed by atoms with Crippen LogP contribution in [-0.4, -0.2) is 49.6 Å². The van der Waals surface area contributed by atoms with E-state index in [4.69, 9.17) is 5.73 Å². The summed E-state index contributed by atoms with van der Waals surface area (Å²) < 4.78 is 1.76. The second-order valence-electron chi connectivity index (χ2n) is 7.63. The molecule has 0 saturated carbocycles. The van der Waals surface area contributed by atoms with Crippen molar-refractivity contribution in [1.82, 2.24) is 24.7 Å². The molecule has 8 heteroatoms. The number of nitrogens with two attached hydrogens (primary N) is 1. The first-order valence-electron chi connectivity index (χ1n) is 9.79. The van der Waals surface area contributed by atoms with E-state index in [1.807, 2.05) is 43.7 Å². The topological polar surface area (TPSA) is 103 Å². The summed E-state index contributed by atoms with van der Waals surface area (Å²) in [5.74, 6) is 1.24. The molecule has 1 aliphatic heterocycles. The molecule has 0 radical (unpaired) electrons. The summed E-state index contributed by atoms with van der Waals surface area (Å²) in [7, 11) is 1.89. The highest BCUT2D eigenvalue weighted by atomic mass is 16.1. The van der Waals surface area contributed by atoms with Crippen molar-refractivity contribution >= 4 is 22.5 Å². The number of hydrogen-bond donors (Lipinski definition) is 1. The van der Waals surface area contributed by atoms with Crippen LogP contribution < -0.4 is 10.6 Å². The fraction of sp³-hybridized carbons (Fsp3) is 0.227. The van der Waals surface area contributed by atoms with Crippen LogP contribution in [0.4, 0.5) is 5.82 Å². The molecule has 0 spiro atoms. The lowest BCUT2D eigenvalue weighted by atomic mass is 10.1. The van der Waals surface area contributed by atoms with Gasteiger partial charge in [0.2, 0.25) is 0 Å². The van der Waals surface area contributed by atoms with Crippen molar-refractivity contribution in [3.05, 3.63) is 66.5 Å². The zero-order valence-electron chi connectivity index (χ0n) is 16.6. The van der Waals surface area contributed by atoms with Gasteiger partial charge in [-0.25, -0.2) is 15.0 Å². The molecule has 1 fully saturated rings. The molecule has 30 heavy (non-hydrogen) atoms. The van der Waals surface area contributed by atoms with Gasteiger partial charge in [0.05, 0.1) is 18.1 Å². The number of anilines is 1. The first-order chi connectivity index (χ1) is 14.5. The van der Waals surface area contributed by atoms with Crippen LogP contribution >= 0.6 is 0 Å². The molecule has 1 saturated heterocycles. The number of fused-ring (bicyclic) bond motifs is 1. The number of Topliss-reactive ketones (excluding diaryl/α,β-unsaturated/α-hetero) is 1. The number of nitrogens with zero attached hydrogens (tertiary/aromatic N) is 6. The fourth-order valence-corrected chi connectivity index (χ4v) is 3.61. The monoisotopic (exact) mass is 399 g/mol.